The van der Waals surface area contributed by atoms with E-state index in [-0.39, 0.29) is 0 Å². The number of hydrogen-bond donors (Lipinski definition) is 1. The molecule has 0 saturated heterocycles. The molecule has 2 aromatic rings. The van der Waals surface area contributed by atoms with E-state index < -0.39 is 0 Å². The number of thiol groups is 1. The summed E-state index contributed by atoms with van der Waals surface area (Å²) >= 11 is 11.9. The van der Waals surface area contributed by atoms with Gasteiger partial charge in [-0.15, -0.1) is 12.6 Å². The maximum absolute atomic E-state index is 5.84. The quantitative estimate of drug-likeness (QED) is 0.836. The van der Waals surface area contributed by atoms with Gasteiger partial charge in [-0.2, -0.15) is 5.10 Å². The molecule has 84 valence electrons. The summed E-state index contributed by atoms with van der Waals surface area (Å²) in [4.78, 5) is 2.23. The van der Waals surface area contributed by atoms with Crippen molar-refractivity contribution in [2.45, 2.75) is 21.7 Å². The topological polar surface area (TPSA) is 17.8 Å². The molecule has 0 bridgehead atoms. The van der Waals surface area contributed by atoms with Crippen LogP contribution < -0.4 is 0 Å². The van der Waals surface area contributed by atoms with E-state index >= 15 is 0 Å². The number of benzene rings is 1. The molecule has 0 aliphatic heterocycles. The highest BCUT2D eigenvalue weighted by atomic mass is 35.5. The summed E-state index contributed by atoms with van der Waals surface area (Å²) < 4.78 is 1.77. The fourth-order valence-corrected chi connectivity index (χ4v) is 2.76. The fraction of sp³-hybridized carbons (Fsp3) is 0.182. The normalized spacial score (nSPS) is 10.8. The molecule has 0 saturated carbocycles. The Labute approximate surface area is 109 Å². The summed E-state index contributed by atoms with van der Waals surface area (Å²) in [6, 6.07) is 7.75. The van der Waals surface area contributed by atoms with Gasteiger partial charge in [0.15, 0.2) is 0 Å². The Balaban J connectivity index is 2.30. The van der Waals surface area contributed by atoms with E-state index in [1.165, 1.54) is 0 Å². The number of halogens is 1. The molecule has 5 heteroatoms. The van der Waals surface area contributed by atoms with E-state index in [9.17, 15) is 0 Å². The Morgan fingerprint density at radius 3 is 2.44 bits per heavy atom. The van der Waals surface area contributed by atoms with Crippen LogP contribution in [0.2, 0.25) is 5.02 Å². The van der Waals surface area contributed by atoms with Crippen LogP contribution >= 0.6 is 36.0 Å². The lowest BCUT2D eigenvalue weighted by atomic mass is 10.4. The standard InChI is InChI=1S/C11H11ClN2S2/c1-7-10(11(15)14(2)13-7)16-9-5-3-8(12)4-6-9/h3-6,15H,1-2H3. The van der Waals surface area contributed by atoms with E-state index in [1.807, 2.05) is 38.2 Å². The van der Waals surface area contributed by atoms with Gasteiger partial charge in [0.1, 0.15) is 5.03 Å². The van der Waals surface area contributed by atoms with Gasteiger partial charge >= 0.3 is 0 Å². The zero-order chi connectivity index (χ0) is 11.7. The lowest BCUT2D eigenvalue weighted by Gasteiger charge is -2.01. The lowest BCUT2D eigenvalue weighted by molar-refractivity contribution is 0.689. The van der Waals surface area contributed by atoms with Crippen LogP contribution in [0.3, 0.4) is 0 Å². The maximum Gasteiger partial charge on any atom is 0.105 e. The molecule has 0 aliphatic rings. The summed E-state index contributed by atoms with van der Waals surface area (Å²) in [5.74, 6) is 0. The molecule has 1 aromatic carbocycles. The second-order valence-electron chi connectivity index (χ2n) is 3.42. The van der Waals surface area contributed by atoms with Crippen LogP contribution in [0.1, 0.15) is 5.69 Å². The van der Waals surface area contributed by atoms with Gasteiger partial charge in [-0.3, -0.25) is 4.68 Å². The Kier molecular flexibility index (Phi) is 3.52. The van der Waals surface area contributed by atoms with Crippen molar-refractivity contribution in [3.63, 3.8) is 0 Å². The van der Waals surface area contributed by atoms with Crippen LogP contribution in [0, 0.1) is 6.92 Å². The molecule has 0 unspecified atom stereocenters. The predicted molar refractivity (Wildman–Crippen MR) is 70.8 cm³/mol. The second-order valence-corrected chi connectivity index (χ2v) is 5.36. The first-order chi connectivity index (χ1) is 7.58. The number of hydrogen-bond acceptors (Lipinski definition) is 3. The molecule has 0 fully saturated rings. The van der Waals surface area contributed by atoms with Crippen LogP contribution in [0.5, 0.6) is 0 Å². The Morgan fingerprint density at radius 1 is 1.31 bits per heavy atom. The minimum atomic E-state index is 0.748. The third-order valence-corrected chi connectivity index (χ3v) is 4.29. The molecule has 0 atom stereocenters. The molecular weight excluding hydrogens is 260 g/mol. The van der Waals surface area contributed by atoms with Crippen molar-refractivity contribution in [2.75, 3.05) is 0 Å². The van der Waals surface area contributed by atoms with Gasteiger partial charge in [0, 0.05) is 17.0 Å². The monoisotopic (exact) mass is 270 g/mol. The SMILES string of the molecule is Cc1nn(C)c(S)c1Sc1ccc(Cl)cc1. The van der Waals surface area contributed by atoms with Crippen molar-refractivity contribution in [1.82, 2.24) is 9.78 Å². The molecule has 1 heterocycles. The van der Waals surface area contributed by atoms with Crippen LogP contribution in [-0.4, -0.2) is 9.78 Å². The molecule has 0 amide bonds. The van der Waals surface area contributed by atoms with Crippen LogP contribution in [0.15, 0.2) is 39.1 Å². The Bertz CT molecular complexity index is 505. The molecule has 0 aliphatic carbocycles. The molecule has 16 heavy (non-hydrogen) atoms. The first kappa shape index (κ1) is 11.9. The van der Waals surface area contributed by atoms with Crippen molar-refractivity contribution in [3.8, 4) is 0 Å². The number of aromatic nitrogens is 2. The van der Waals surface area contributed by atoms with Gasteiger partial charge in [-0.05, 0) is 31.2 Å². The van der Waals surface area contributed by atoms with Crippen molar-refractivity contribution >= 4 is 36.0 Å². The van der Waals surface area contributed by atoms with E-state index in [0.29, 0.717) is 0 Å². The highest BCUT2D eigenvalue weighted by molar-refractivity contribution is 7.99. The van der Waals surface area contributed by atoms with E-state index in [1.54, 1.807) is 16.4 Å². The zero-order valence-electron chi connectivity index (χ0n) is 8.94. The van der Waals surface area contributed by atoms with Gasteiger partial charge < -0.3 is 0 Å². The third-order valence-electron chi connectivity index (χ3n) is 2.17. The lowest BCUT2D eigenvalue weighted by Crippen LogP contribution is -1.89. The zero-order valence-corrected chi connectivity index (χ0v) is 11.4. The summed E-state index contributed by atoms with van der Waals surface area (Å²) in [7, 11) is 1.89. The van der Waals surface area contributed by atoms with Crippen LogP contribution in [0.4, 0.5) is 0 Å². The molecular formula is C11H11ClN2S2. The second kappa shape index (κ2) is 4.73. The summed E-state index contributed by atoms with van der Waals surface area (Å²) in [6.07, 6.45) is 0. The number of nitrogens with zero attached hydrogens (tertiary/aromatic N) is 2. The minimum Gasteiger partial charge on any atom is -0.261 e. The predicted octanol–water partition coefficient (Wildman–Crippen LogP) is 3.82. The van der Waals surface area contributed by atoms with E-state index in [4.69, 9.17) is 11.6 Å². The van der Waals surface area contributed by atoms with Gasteiger partial charge in [-0.1, -0.05) is 23.4 Å². The fourth-order valence-electron chi connectivity index (χ4n) is 1.37. The van der Waals surface area contributed by atoms with E-state index in [0.717, 1.165) is 25.5 Å². The first-order valence-electron chi connectivity index (χ1n) is 4.74. The van der Waals surface area contributed by atoms with Crippen molar-refractivity contribution in [1.29, 1.82) is 0 Å². The van der Waals surface area contributed by atoms with Crippen LogP contribution in [-0.2, 0) is 7.05 Å². The largest absolute Gasteiger partial charge is 0.261 e. The Hall–Kier alpha value is -0.580. The molecule has 2 rings (SSSR count). The Morgan fingerprint density at radius 2 is 1.94 bits per heavy atom. The van der Waals surface area contributed by atoms with Crippen LogP contribution in [0.25, 0.3) is 0 Å². The molecule has 0 N–H and O–H groups in total. The molecule has 2 nitrogen and oxygen atoms in total. The van der Waals surface area contributed by atoms with Gasteiger partial charge in [0.05, 0.1) is 10.6 Å². The molecule has 0 spiro atoms. The molecule has 1 aromatic heterocycles. The summed E-state index contributed by atoms with van der Waals surface area (Å²) in [6.45, 7) is 1.98. The number of rotatable bonds is 2. The highest BCUT2D eigenvalue weighted by Crippen LogP contribution is 2.34. The first-order valence-corrected chi connectivity index (χ1v) is 6.38. The van der Waals surface area contributed by atoms with Crippen molar-refractivity contribution in [3.05, 3.63) is 35.0 Å². The third kappa shape index (κ3) is 2.39. The number of aryl methyl sites for hydroxylation is 2. The summed E-state index contributed by atoms with van der Waals surface area (Å²) in [5.41, 5.74) is 0.993. The van der Waals surface area contributed by atoms with E-state index in [2.05, 4.69) is 17.7 Å². The van der Waals surface area contributed by atoms with Gasteiger partial charge in [0.25, 0.3) is 0 Å². The van der Waals surface area contributed by atoms with Gasteiger partial charge in [-0.25, -0.2) is 0 Å². The van der Waals surface area contributed by atoms with Crippen molar-refractivity contribution < 1.29 is 0 Å². The van der Waals surface area contributed by atoms with Gasteiger partial charge in [0.2, 0.25) is 0 Å². The smallest absolute Gasteiger partial charge is 0.105 e. The summed E-state index contributed by atoms with van der Waals surface area (Å²) in [5, 5.41) is 5.95. The average molecular weight is 271 g/mol. The highest BCUT2D eigenvalue weighted by Gasteiger charge is 2.11. The molecule has 0 radical (unpaired) electrons. The minimum absolute atomic E-state index is 0.748. The average Bonchev–Trinajstić information content (AvgIpc) is 2.48. The van der Waals surface area contributed by atoms with Crippen molar-refractivity contribution in [2.24, 2.45) is 7.05 Å². The maximum atomic E-state index is 5.84.